The first kappa shape index (κ1) is 13.2. The number of esters is 1. The van der Waals surface area contributed by atoms with Gasteiger partial charge in [-0.3, -0.25) is 0 Å². The van der Waals surface area contributed by atoms with Gasteiger partial charge in [0.2, 0.25) is 0 Å². The van der Waals surface area contributed by atoms with E-state index in [9.17, 15) is 4.79 Å². The first-order chi connectivity index (χ1) is 6.29. The molecule has 0 radical (unpaired) electrons. The molecule has 0 saturated carbocycles. The molecule has 0 amide bonds. The van der Waals surface area contributed by atoms with E-state index in [2.05, 4.69) is 0 Å². The number of rotatable bonds is 3. The minimum absolute atomic E-state index is 0.136. The lowest BCUT2D eigenvalue weighted by Gasteiger charge is -2.21. The quantitative estimate of drug-likeness (QED) is 0.514. The fraction of sp³-hybridized carbons (Fsp3) is 0.750. The number of hydrogen-bond acceptors (Lipinski definition) is 2. The van der Waals surface area contributed by atoms with Crippen molar-refractivity contribution in [1.82, 2.24) is 0 Å². The largest absolute Gasteiger partial charge is 0.462 e. The predicted octanol–water partition coefficient (Wildman–Crippen LogP) is 3.18. The zero-order valence-electron chi connectivity index (χ0n) is 10.2. The Kier molecular flexibility index (Phi) is 4.89. The molecule has 0 aromatic heterocycles. The van der Waals surface area contributed by atoms with Crippen molar-refractivity contribution in [2.45, 2.75) is 41.5 Å². The van der Waals surface area contributed by atoms with E-state index in [1.54, 1.807) is 0 Å². The third-order valence-electron chi connectivity index (χ3n) is 1.86. The average Bonchev–Trinajstić information content (AvgIpc) is 1.99. The summed E-state index contributed by atoms with van der Waals surface area (Å²) in [5, 5.41) is 0. The Morgan fingerprint density at radius 3 is 2.14 bits per heavy atom. The van der Waals surface area contributed by atoms with Crippen LogP contribution in [0.3, 0.4) is 0 Å². The molecule has 0 saturated heterocycles. The van der Waals surface area contributed by atoms with E-state index < -0.39 is 0 Å². The molecule has 0 unspecified atom stereocenters. The molecule has 0 aromatic rings. The van der Waals surface area contributed by atoms with Crippen LogP contribution in [0.1, 0.15) is 41.5 Å². The molecule has 0 aromatic carbocycles. The van der Waals surface area contributed by atoms with E-state index in [4.69, 9.17) is 4.74 Å². The standard InChI is InChI=1S/C12H22O2/c1-7-10(12(4,5)6)11(13)14-8-9(2)3/h7,9H,8H2,1-6H3. The van der Waals surface area contributed by atoms with Crippen LogP contribution in [0.2, 0.25) is 0 Å². The Morgan fingerprint density at radius 1 is 1.36 bits per heavy atom. The Morgan fingerprint density at radius 2 is 1.86 bits per heavy atom. The Bertz CT molecular complexity index is 219. The van der Waals surface area contributed by atoms with E-state index in [0.717, 1.165) is 5.57 Å². The highest BCUT2D eigenvalue weighted by molar-refractivity contribution is 5.89. The number of carbonyl (C=O) groups excluding carboxylic acids is 1. The molecule has 0 atom stereocenters. The van der Waals surface area contributed by atoms with Gasteiger partial charge in [-0.1, -0.05) is 40.7 Å². The first-order valence-electron chi connectivity index (χ1n) is 5.13. The van der Waals surface area contributed by atoms with E-state index >= 15 is 0 Å². The van der Waals surface area contributed by atoms with Crippen LogP contribution in [0.15, 0.2) is 11.6 Å². The van der Waals surface area contributed by atoms with Gasteiger partial charge < -0.3 is 4.74 Å². The van der Waals surface area contributed by atoms with Crippen LogP contribution < -0.4 is 0 Å². The van der Waals surface area contributed by atoms with Crippen molar-refractivity contribution in [3.05, 3.63) is 11.6 Å². The highest BCUT2D eigenvalue weighted by Crippen LogP contribution is 2.26. The fourth-order valence-electron chi connectivity index (χ4n) is 1.18. The Hall–Kier alpha value is -0.790. The van der Waals surface area contributed by atoms with Crippen molar-refractivity contribution in [2.75, 3.05) is 6.61 Å². The van der Waals surface area contributed by atoms with Gasteiger partial charge in [0.25, 0.3) is 0 Å². The zero-order chi connectivity index (χ0) is 11.4. The summed E-state index contributed by atoms with van der Waals surface area (Å²) in [7, 11) is 0. The van der Waals surface area contributed by atoms with Gasteiger partial charge in [-0.15, -0.1) is 0 Å². The third kappa shape index (κ3) is 4.45. The number of hydrogen-bond donors (Lipinski definition) is 0. The van der Waals surface area contributed by atoms with Crippen LogP contribution in [-0.4, -0.2) is 12.6 Å². The van der Waals surface area contributed by atoms with Crippen LogP contribution in [0.25, 0.3) is 0 Å². The number of allylic oxidation sites excluding steroid dienone is 1. The molecule has 0 rings (SSSR count). The summed E-state index contributed by atoms with van der Waals surface area (Å²) in [6, 6.07) is 0. The maximum Gasteiger partial charge on any atom is 0.334 e. The molecule has 0 bridgehead atoms. The smallest absolute Gasteiger partial charge is 0.334 e. The van der Waals surface area contributed by atoms with Crippen molar-refractivity contribution in [3.63, 3.8) is 0 Å². The van der Waals surface area contributed by atoms with Gasteiger partial charge in [-0.05, 0) is 18.3 Å². The minimum atomic E-state index is -0.186. The van der Waals surface area contributed by atoms with Gasteiger partial charge >= 0.3 is 5.97 Å². The zero-order valence-corrected chi connectivity index (χ0v) is 10.2. The Balaban J connectivity index is 4.37. The topological polar surface area (TPSA) is 26.3 Å². The van der Waals surface area contributed by atoms with Crippen LogP contribution in [-0.2, 0) is 9.53 Å². The molecule has 2 nitrogen and oxygen atoms in total. The van der Waals surface area contributed by atoms with Crippen molar-refractivity contribution in [2.24, 2.45) is 11.3 Å². The van der Waals surface area contributed by atoms with Gasteiger partial charge in [0.1, 0.15) is 0 Å². The van der Waals surface area contributed by atoms with E-state index in [1.807, 2.05) is 47.6 Å². The lowest BCUT2D eigenvalue weighted by Crippen LogP contribution is -2.21. The summed E-state index contributed by atoms with van der Waals surface area (Å²) in [6.45, 7) is 12.5. The van der Waals surface area contributed by atoms with Gasteiger partial charge in [0, 0.05) is 5.57 Å². The van der Waals surface area contributed by atoms with Crippen molar-refractivity contribution >= 4 is 5.97 Å². The fourth-order valence-corrected chi connectivity index (χ4v) is 1.18. The highest BCUT2D eigenvalue weighted by atomic mass is 16.5. The second-order valence-corrected chi connectivity index (χ2v) is 4.94. The van der Waals surface area contributed by atoms with Crippen molar-refractivity contribution in [3.8, 4) is 0 Å². The lowest BCUT2D eigenvalue weighted by molar-refractivity contribution is -0.141. The average molecular weight is 198 g/mol. The molecule has 0 N–H and O–H groups in total. The van der Waals surface area contributed by atoms with E-state index in [0.29, 0.717) is 12.5 Å². The summed E-state index contributed by atoms with van der Waals surface area (Å²) < 4.78 is 5.18. The molecule has 0 aliphatic rings. The van der Waals surface area contributed by atoms with Gasteiger partial charge in [0.15, 0.2) is 0 Å². The third-order valence-corrected chi connectivity index (χ3v) is 1.86. The molecule has 0 heterocycles. The molecule has 0 aliphatic heterocycles. The highest BCUT2D eigenvalue weighted by Gasteiger charge is 2.24. The molecule has 2 heteroatoms. The van der Waals surface area contributed by atoms with Gasteiger partial charge in [-0.2, -0.15) is 0 Å². The maximum atomic E-state index is 11.6. The minimum Gasteiger partial charge on any atom is -0.462 e. The van der Waals surface area contributed by atoms with Gasteiger partial charge in [0.05, 0.1) is 6.61 Å². The molecule has 82 valence electrons. The van der Waals surface area contributed by atoms with Crippen LogP contribution in [0, 0.1) is 11.3 Å². The first-order valence-corrected chi connectivity index (χ1v) is 5.13. The SMILES string of the molecule is CC=C(C(=O)OCC(C)C)C(C)(C)C. The van der Waals surface area contributed by atoms with E-state index in [-0.39, 0.29) is 11.4 Å². The maximum absolute atomic E-state index is 11.6. The predicted molar refractivity (Wildman–Crippen MR) is 59.0 cm³/mol. The summed E-state index contributed by atoms with van der Waals surface area (Å²) in [5.41, 5.74) is 0.612. The number of ether oxygens (including phenoxy) is 1. The molecular formula is C12H22O2. The number of carbonyl (C=O) groups is 1. The van der Waals surface area contributed by atoms with Crippen molar-refractivity contribution < 1.29 is 9.53 Å². The van der Waals surface area contributed by atoms with Crippen LogP contribution >= 0.6 is 0 Å². The summed E-state index contributed by atoms with van der Waals surface area (Å²) in [5.74, 6) is 0.200. The summed E-state index contributed by atoms with van der Waals surface area (Å²) >= 11 is 0. The van der Waals surface area contributed by atoms with Crippen molar-refractivity contribution in [1.29, 1.82) is 0 Å². The monoisotopic (exact) mass is 198 g/mol. The summed E-state index contributed by atoms with van der Waals surface area (Å²) in [4.78, 5) is 11.6. The lowest BCUT2D eigenvalue weighted by atomic mass is 9.86. The molecular weight excluding hydrogens is 176 g/mol. The van der Waals surface area contributed by atoms with Crippen LogP contribution in [0.5, 0.6) is 0 Å². The van der Waals surface area contributed by atoms with Gasteiger partial charge in [-0.25, -0.2) is 4.79 Å². The normalized spacial score (nSPS) is 13.2. The second-order valence-electron chi connectivity index (χ2n) is 4.94. The second kappa shape index (κ2) is 5.18. The summed E-state index contributed by atoms with van der Waals surface area (Å²) in [6.07, 6.45) is 1.84. The molecule has 0 fully saturated rings. The molecule has 0 spiro atoms. The molecule has 14 heavy (non-hydrogen) atoms. The molecule has 0 aliphatic carbocycles. The van der Waals surface area contributed by atoms with E-state index in [1.165, 1.54) is 0 Å². The Labute approximate surface area is 87.3 Å². The van der Waals surface area contributed by atoms with Crippen LogP contribution in [0.4, 0.5) is 0 Å².